The van der Waals surface area contributed by atoms with E-state index in [4.69, 9.17) is 12.2 Å². The zero-order valence-electron chi connectivity index (χ0n) is 11.1. The molecule has 0 spiro atoms. The van der Waals surface area contributed by atoms with Crippen molar-refractivity contribution >= 4 is 40.7 Å². The summed E-state index contributed by atoms with van der Waals surface area (Å²) in [6.45, 7) is 2.33. The molecule has 2 rings (SSSR count). The van der Waals surface area contributed by atoms with Crippen LogP contribution >= 0.6 is 24.0 Å². The molecular weight excluding hydrogens is 292 g/mol. The molecule has 0 saturated carbocycles. The third-order valence-corrected chi connectivity index (χ3v) is 3.96. The van der Waals surface area contributed by atoms with Crippen LogP contribution in [0.15, 0.2) is 30.3 Å². The lowest BCUT2D eigenvalue weighted by Crippen LogP contribution is -2.48. The van der Waals surface area contributed by atoms with Crippen molar-refractivity contribution in [2.45, 2.75) is 0 Å². The highest BCUT2D eigenvalue weighted by Gasteiger charge is 2.13. The molecule has 0 bridgehead atoms. The normalized spacial score (nSPS) is 15.4. The van der Waals surface area contributed by atoms with Crippen LogP contribution in [-0.4, -0.2) is 47.1 Å². The van der Waals surface area contributed by atoms with Gasteiger partial charge in [-0.05, 0) is 24.4 Å². The number of carbonyl (C=O) groups excluding carboxylic acids is 1. The van der Waals surface area contributed by atoms with Gasteiger partial charge < -0.3 is 5.32 Å². The number of nitrogens with zero attached hydrogens (tertiary/aromatic N) is 1. The quantitative estimate of drug-likeness (QED) is 0.573. The predicted molar refractivity (Wildman–Crippen MR) is 87.7 cm³/mol. The molecule has 7 heteroatoms. The number of hydrogen-bond donors (Lipinski definition) is 3. The fourth-order valence-corrected chi connectivity index (χ4v) is 2.96. The first-order chi connectivity index (χ1) is 9.74. The summed E-state index contributed by atoms with van der Waals surface area (Å²) in [7, 11) is 0. The van der Waals surface area contributed by atoms with Gasteiger partial charge in [0, 0.05) is 30.3 Å². The van der Waals surface area contributed by atoms with E-state index in [1.165, 1.54) is 0 Å². The van der Waals surface area contributed by atoms with Gasteiger partial charge in [0.05, 0.1) is 6.54 Å². The van der Waals surface area contributed by atoms with Crippen molar-refractivity contribution in [3.8, 4) is 0 Å². The Morgan fingerprint density at radius 3 is 2.60 bits per heavy atom. The average Bonchev–Trinajstić information content (AvgIpc) is 2.47. The Kier molecular flexibility index (Phi) is 6.10. The molecule has 1 aliphatic heterocycles. The zero-order valence-corrected chi connectivity index (χ0v) is 12.7. The van der Waals surface area contributed by atoms with Crippen LogP contribution in [0.3, 0.4) is 0 Å². The number of nitrogens with one attached hydrogen (secondary N) is 3. The number of para-hydroxylation sites is 1. The van der Waals surface area contributed by atoms with Crippen LogP contribution in [0.5, 0.6) is 0 Å². The second-order valence-electron chi connectivity index (χ2n) is 4.38. The van der Waals surface area contributed by atoms with Crippen LogP contribution in [0.4, 0.5) is 5.69 Å². The molecule has 3 N–H and O–H groups in total. The Labute approximate surface area is 128 Å². The second kappa shape index (κ2) is 8.08. The minimum absolute atomic E-state index is 0.0749. The molecule has 1 heterocycles. The largest absolute Gasteiger partial charge is 0.331 e. The number of hydrogen-bond acceptors (Lipinski definition) is 4. The molecule has 0 atom stereocenters. The molecule has 1 fully saturated rings. The Morgan fingerprint density at radius 2 is 1.90 bits per heavy atom. The first kappa shape index (κ1) is 15.1. The maximum atomic E-state index is 11.8. The van der Waals surface area contributed by atoms with E-state index in [2.05, 4.69) is 21.1 Å². The van der Waals surface area contributed by atoms with Crippen molar-refractivity contribution in [2.24, 2.45) is 0 Å². The lowest BCUT2D eigenvalue weighted by Gasteiger charge is -2.25. The van der Waals surface area contributed by atoms with Gasteiger partial charge in [-0.15, -0.1) is 0 Å². The number of thioether (sulfide) groups is 1. The molecule has 1 aromatic carbocycles. The van der Waals surface area contributed by atoms with Crippen molar-refractivity contribution < 1.29 is 4.79 Å². The molecule has 1 aliphatic rings. The molecule has 1 saturated heterocycles. The highest BCUT2D eigenvalue weighted by molar-refractivity contribution is 7.99. The van der Waals surface area contributed by atoms with Gasteiger partial charge >= 0.3 is 0 Å². The van der Waals surface area contributed by atoms with Crippen molar-refractivity contribution in [3.63, 3.8) is 0 Å². The van der Waals surface area contributed by atoms with Gasteiger partial charge in [-0.3, -0.25) is 20.5 Å². The molecular formula is C13H18N4OS2. The van der Waals surface area contributed by atoms with Gasteiger partial charge in [-0.2, -0.15) is 11.8 Å². The number of carbonyl (C=O) groups is 1. The topological polar surface area (TPSA) is 56.4 Å². The molecule has 1 amide bonds. The predicted octanol–water partition coefficient (Wildman–Crippen LogP) is 1.05. The van der Waals surface area contributed by atoms with Crippen molar-refractivity contribution in [2.75, 3.05) is 36.5 Å². The van der Waals surface area contributed by atoms with E-state index >= 15 is 0 Å². The monoisotopic (exact) mass is 310 g/mol. The summed E-state index contributed by atoms with van der Waals surface area (Å²) in [5, 5.41) is 3.36. The van der Waals surface area contributed by atoms with Gasteiger partial charge in [0.1, 0.15) is 0 Å². The van der Waals surface area contributed by atoms with Gasteiger partial charge in [-0.25, -0.2) is 0 Å². The SMILES string of the molecule is O=C(CN1CCSCC1)NNC(=S)Nc1ccccc1. The number of thiocarbonyl (C=S) groups is 1. The smallest absolute Gasteiger partial charge is 0.252 e. The van der Waals surface area contributed by atoms with Crippen molar-refractivity contribution in [1.82, 2.24) is 15.8 Å². The summed E-state index contributed by atoms with van der Waals surface area (Å²) >= 11 is 7.03. The highest BCUT2D eigenvalue weighted by atomic mass is 32.2. The third-order valence-electron chi connectivity index (χ3n) is 2.82. The Bertz CT molecular complexity index is 449. The summed E-state index contributed by atoms with van der Waals surface area (Å²) in [5.74, 6) is 2.11. The van der Waals surface area contributed by atoms with Crippen LogP contribution in [-0.2, 0) is 4.79 Å². The Morgan fingerprint density at radius 1 is 1.20 bits per heavy atom. The van der Waals surface area contributed by atoms with E-state index in [1.54, 1.807) is 0 Å². The van der Waals surface area contributed by atoms with E-state index < -0.39 is 0 Å². The minimum Gasteiger partial charge on any atom is -0.331 e. The molecule has 108 valence electrons. The number of hydrazine groups is 1. The van der Waals surface area contributed by atoms with Crippen LogP contribution in [0.1, 0.15) is 0 Å². The van der Waals surface area contributed by atoms with Crippen LogP contribution in [0, 0.1) is 0 Å². The first-order valence-corrected chi connectivity index (χ1v) is 8.01. The lowest BCUT2D eigenvalue weighted by molar-refractivity contribution is -0.122. The standard InChI is InChI=1S/C13H18N4OS2/c18-12(10-17-6-8-20-9-7-17)15-16-13(19)14-11-4-2-1-3-5-11/h1-5H,6-10H2,(H,15,18)(H2,14,16,19). The van der Waals surface area contributed by atoms with Crippen molar-refractivity contribution in [3.05, 3.63) is 30.3 Å². The first-order valence-electron chi connectivity index (χ1n) is 6.45. The van der Waals surface area contributed by atoms with Gasteiger partial charge in [0.25, 0.3) is 5.91 Å². The molecule has 0 unspecified atom stereocenters. The van der Waals surface area contributed by atoms with Gasteiger partial charge in [0.2, 0.25) is 0 Å². The fraction of sp³-hybridized carbons (Fsp3) is 0.385. The number of rotatable bonds is 3. The summed E-state index contributed by atoms with van der Waals surface area (Å²) in [5.41, 5.74) is 6.20. The average molecular weight is 310 g/mol. The summed E-state index contributed by atoms with van der Waals surface area (Å²) < 4.78 is 0. The molecule has 20 heavy (non-hydrogen) atoms. The van der Waals surface area contributed by atoms with E-state index in [1.807, 2.05) is 42.1 Å². The Hall–Kier alpha value is -1.31. The van der Waals surface area contributed by atoms with Crippen molar-refractivity contribution in [1.29, 1.82) is 0 Å². The summed E-state index contributed by atoms with van der Waals surface area (Å²) in [6, 6.07) is 9.57. The zero-order chi connectivity index (χ0) is 14.2. The van der Waals surface area contributed by atoms with Crippen LogP contribution < -0.4 is 16.2 Å². The number of amides is 1. The maximum Gasteiger partial charge on any atom is 0.252 e. The van der Waals surface area contributed by atoms with E-state index in [9.17, 15) is 4.79 Å². The lowest BCUT2D eigenvalue weighted by atomic mass is 10.3. The molecule has 0 aliphatic carbocycles. The molecule has 0 radical (unpaired) electrons. The maximum absolute atomic E-state index is 11.8. The minimum atomic E-state index is -0.0749. The van der Waals surface area contributed by atoms with Crippen LogP contribution in [0.2, 0.25) is 0 Å². The van der Waals surface area contributed by atoms with E-state index in [-0.39, 0.29) is 5.91 Å². The number of anilines is 1. The van der Waals surface area contributed by atoms with Gasteiger partial charge in [-0.1, -0.05) is 18.2 Å². The van der Waals surface area contributed by atoms with E-state index in [0.717, 1.165) is 30.3 Å². The molecule has 5 nitrogen and oxygen atoms in total. The second-order valence-corrected chi connectivity index (χ2v) is 6.01. The molecule has 0 aromatic heterocycles. The van der Waals surface area contributed by atoms with E-state index in [0.29, 0.717) is 11.7 Å². The van der Waals surface area contributed by atoms with Crippen LogP contribution in [0.25, 0.3) is 0 Å². The van der Waals surface area contributed by atoms with Gasteiger partial charge in [0.15, 0.2) is 5.11 Å². The highest BCUT2D eigenvalue weighted by Crippen LogP contribution is 2.08. The number of benzene rings is 1. The summed E-state index contributed by atoms with van der Waals surface area (Å²) in [6.07, 6.45) is 0. The Balaban J connectivity index is 1.66. The summed E-state index contributed by atoms with van der Waals surface area (Å²) in [4.78, 5) is 13.9. The third kappa shape index (κ3) is 5.36. The fourth-order valence-electron chi connectivity index (χ4n) is 1.81. The molecule has 1 aromatic rings.